The van der Waals surface area contributed by atoms with Crippen molar-refractivity contribution in [2.24, 2.45) is 7.05 Å². The maximum Gasteiger partial charge on any atom is 0.263 e. The van der Waals surface area contributed by atoms with Gasteiger partial charge < -0.3 is 10.2 Å². The molecule has 0 unspecified atom stereocenters. The molecule has 10 heteroatoms. The molecule has 2 aromatic carbocycles. The van der Waals surface area contributed by atoms with E-state index in [0.717, 1.165) is 16.8 Å². The molecule has 1 aliphatic rings. The van der Waals surface area contributed by atoms with Gasteiger partial charge in [0.15, 0.2) is 0 Å². The molecule has 4 rings (SSSR count). The number of nitrogens with zero attached hydrogens (tertiary/aromatic N) is 4. The van der Waals surface area contributed by atoms with Crippen LogP contribution in [0.2, 0.25) is 5.02 Å². The van der Waals surface area contributed by atoms with Gasteiger partial charge in [-0.15, -0.1) is 0 Å². The fourth-order valence-electron chi connectivity index (χ4n) is 3.88. The Kier molecular flexibility index (Phi) is 6.73. The molecule has 0 atom stereocenters. The molecule has 0 bridgehead atoms. The van der Waals surface area contributed by atoms with Crippen molar-refractivity contribution in [3.05, 3.63) is 76.4 Å². The number of amides is 1. The average Bonchev–Trinajstić information content (AvgIpc) is 3.21. The van der Waals surface area contributed by atoms with Crippen LogP contribution in [-0.2, 0) is 23.6 Å². The second kappa shape index (κ2) is 9.54. The zero-order chi connectivity index (χ0) is 23.6. The number of aromatic nitrogens is 2. The molecule has 0 aliphatic carbocycles. The third-order valence-corrected chi connectivity index (χ3v) is 7.81. The molecule has 1 aromatic heterocycles. The topological polar surface area (TPSA) is 87.5 Å². The van der Waals surface area contributed by atoms with Gasteiger partial charge in [0.1, 0.15) is 0 Å². The standard InChI is InChI=1S/C23H26ClN5O3S/c1-17-6-3-4-7-18(17)15-25-22(30)21-16-27(2)26-23(21)33(31,32)29-12-10-28(11-13-29)20-9-5-8-19(24)14-20/h3-9,14,16H,10-13,15H2,1-2H3,(H,25,30). The lowest BCUT2D eigenvalue weighted by Gasteiger charge is -2.35. The lowest BCUT2D eigenvalue weighted by Crippen LogP contribution is -2.49. The number of carbonyl (C=O) groups excluding carboxylic acids is 1. The smallest absolute Gasteiger partial charge is 0.263 e. The number of hydrogen-bond donors (Lipinski definition) is 1. The van der Waals surface area contributed by atoms with Crippen LogP contribution in [0.1, 0.15) is 21.5 Å². The molecule has 0 saturated carbocycles. The summed E-state index contributed by atoms with van der Waals surface area (Å²) in [5.41, 5.74) is 3.02. The van der Waals surface area contributed by atoms with Gasteiger partial charge in [-0.1, -0.05) is 41.9 Å². The molecule has 1 amide bonds. The van der Waals surface area contributed by atoms with Crippen LogP contribution in [-0.4, -0.2) is 54.6 Å². The van der Waals surface area contributed by atoms with Crippen molar-refractivity contribution >= 4 is 33.2 Å². The lowest BCUT2D eigenvalue weighted by atomic mass is 10.1. The minimum atomic E-state index is -3.93. The second-order valence-electron chi connectivity index (χ2n) is 8.00. The number of anilines is 1. The van der Waals surface area contributed by atoms with Crippen LogP contribution in [0.25, 0.3) is 0 Å². The van der Waals surface area contributed by atoms with Gasteiger partial charge >= 0.3 is 0 Å². The Morgan fingerprint density at radius 1 is 1.09 bits per heavy atom. The van der Waals surface area contributed by atoms with E-state index in [4.69, 9.17) is 11.6 Å². The highest BCUT2D eigenvalue weighted by molar-refractivity contribution is 7.89. The van der Waals surface area contributed by atoms with E-state index >= 15 is 0 Å². The molecule has 1 aliphatic heterocycles. The van der Waals surface area contributed by atoms with E-state index in [-0.39, 0.29) is 23.7 Å². The second-order valence-corrected chi connectivity index (χ2v) is 10.3. The van der Waals surface area contributed by atoms with Crippen molar-refractivity contribution in [3.63, 3.8) is 0 Å². The van der Waals surface area contributed by atoms with Crippen molar-refractivity contribution in [2.45, 2.75) is 18.5 Å². The number of sulfonamides is 1. The first-order valence-electron chi connectivity index (χ1n) is 10.6. The van der Waals surface area contributed by atoms with Gasteiger partial charge in [-0.25, -0.2) is 8.42 Å². The van der Waals surface area contributed by atoms with Crippen molar-refractivity contribution in [3.8, 4) is 0 Å². The Labute approximate surface area is 198 Å². The molecule has 0 spiro atoms. The van der Waals surface area contributed by atoms with Crippen LogP contribution in [0.4, 0.5) is 5.69 Å². The highest BCUT2D eigenvalue weighted by atomic mass is 35.5. The molecule has 3 aromatic rings. The Morgan fingerprint density at radius 2 is 1.82 bits per heavy atom. The van der Waals surface area contributed by atoms with E-state index in [0.29, 0.717) is 24.7 Å². The van der Waals surface area contributed by atoms with Crippen molar-refractivity contribution < 1.29 is 13.2 Å². The fourth-order valence-corrected chi connectivity index (χ4v) is 5.60. The van der Waals surface area contributed by atoms with Gasteiger partial charge in [-0.3, -0.25) is 9.48 Å². The van der Waals surface area contributed by atoms with Crippen LogP contribution in [0.3, 0.4) is 0 Å². The predicted octanol–water partition coefficient (Wildman–Crippen LogP) is 2.82. The van der Waals surface area contributed by atoms with Crippen LogP contribution in [0.5, 0.6) is 0 Å². The van der Waals surface area contributed by atoms with Crippen LogP contribution in [0, 0.1) is 6.92 Å². The van der Waals surface area contributed by atoms with Crippen molar-refractivity contribution in [1.82, 2.24) is 19.4 Å². The Balaban J connectivity index is 1.48. The number of hydrogen-bond acceptors (Lipinski definition) is 5. The predicted molar refractivity (Wildman–Crippen MR) is 128 cm³/mol. The summed E-state index contributed by atoms with van der Waals surface area (Å²) in [5.74, 6) is -0.470. The first-order valence-corrected chi connectivity index (χ1v) is 12.4. The minimum absolute atomic E-state index is 0.0448. The van der Waals surface area contributed by atoms with Gasteiger partial charge in [-0.05, 0) is 36.2 Å². The highest BCUT2D eigenvalue weighted by Crippen LogP contribution is 2.24. The van der Waals surface area contributed by atoms with Crippen molar-refractivity contribution in [2.75, 3.05) is 31.1 Å². The van der Waals surface area contributed by atoms with Gasteiger partial charge in [0.25, 0.3) is 15.9 Å². The third kappa shape index (κ3) is 5.05. The molecule has 1 saturated heterocycles. The van der Waals surface area contributed by atoms with Gasteiger partial charge in [0.05, 0.1) is 5.56 Å². The maximum absolute atomic E-state index is 13.4. The van der Waals surface area contributed by atoms with E-state index in [2.05, 4.69) is 15.3 Å². The highest BCUT2D eigenvalue weighted by Gasteiger charge is 2.34. The van der Waals surface area contributed by atoms with Gasteiger partial charge in [0, 0.05) is 56.7 Å². The molecular formula is C23H26ClN5O3S. The molecule has 1 N–H and O–H groups in total. The lowest BCUT2D eigenvalue weighted by molar-refractivity contribution is 0.0947. The number of piperazine rings is 1. The number of carbonyl (C=O) groups is 1. The summed E-state index contributed by atoms with van der Waals surface area (Å²) in [6.07, 6.45) is 1.45. The molecule has 33 heavy (non-hydrogen) atoms. The summed E-state index contributed by atoms with van der Waals surface area (Å²) in [7, 11) is -2.33. The normalized spacial score (nSPS) is 14.9. The van der Waals surface area contributed by atoms with Gasteiger partial charge in [-0.2, -0.15) is 9.40 Å². The first-order chi connectivity index (χ1) is 15.8. The molecule has 8 nitrogen and oxygen atoms in total. The van der Waals surface area contributed by atoms with Crippen LogP contribution in [0.15, 0.2) is 59.8 Å². The molecule has 2 heterocycles. The van der Waals surface area contributed by atoms with Crippen LogP contribution >= 0.6 is 11.6 Å². The Bertz CT molecular complexity index is 1270. The first kappa shape index (κ1) is 23.3. The Morgan fingerprint density at radius 3 is 2.52 bits per heavy atom. The number of benzene rings is 2. The van der Waals surface area contributed by atoms with Gasteiger partial charge in [0.2, 0.25) is 5.03 Å². The number of rotatable bonds is 6. The molecule has 174 valence electrons. The van der Waals surface area contributed by atoms with Crippen LogP contribution < -0.4 is 10.2 Å². The SMILES string of the molecule is Cc1ccccc1CNC(=O)c1cn(C)nc1S(=O)(=O)N1CCN(c2cccc(Cl)c2)CC1. The van der Waals surface area contributed by atoms with Crippen molar-refractivity contribution in [1.29, 1.82) is 0 Å². The summed E-state index contributed by atoms with van der Waals surface area (Å²) in [6, 6.07) is 15.2. The summed E-state index contributed by atoms with van der Waals surface area (Å²) in [6.45, 7) is 3.87. The quantitative estimate of drug-likeness (QED) is 0.577. The third-order valence-electron chi connectivity index (χ3n) is 5.74. The summed E-state index contributed by atoms with van der Waals surface area (Å²) >= 11 is 6.09. The Hall–Kier alpha value is -2.88. The summed E-state index contributed by atoms with van der Waals surface area (Å²) < 4.78 is 29.5. The monoisotopic (exact) mass is 487 g/mol. The summed E-state index contributed by atoms with van der Waals surface area (Å²) in [4.78, 5) is 15.0. The zero-order valence-electron chi connectivity index (χ0n) is 18.5. The molecule has 0 radical (unpaired) electrons. The van der Waals surface area contributed by atoms with E-state index in [9.17, 15) is 13.2 Å². The van der Waals surface area contributed by atoms with E-state index in [1.54, 1.807) is 13.1 Å². The van der Waals surface area contributed by atoms with E-state index < -0.39 is 15.9 Å². The number of halogens is 1. The largest absolute Gasteiger partial charge is 0.369 e. The van der Waals surface area contributed by atoms with E-state index in [1.165, 1.54) is 15.2 Å². The fraction of sp³-hybridized carbons (Fsp3) is 0.304. The maximum atomic E-state index is 13.4. The summed E-state index contributed by atoms with van der Waals surface area (Å²) in [5, 5.41) is 7.38. The zero-order valence-corrected chi connectivity index (χ0v) is 20.1. The molecule has 1 fully saturated rings. The average molecular weight is 488 g/mol. The number of aryl methyl sites for hydroxylation is 2. The van der Waals surface area contributed by atoms with E-state index in [1.807, 2.05) is 49.4 Å². The molecular weight excluding hydrogens is 462 g/mol. The number of nitrogens with one attached hydrogen (secondary N) is 1. The minimum Gasteiger partial charge on any atom is -0.369 e.